The molecular weight excluding hydrogens is 278 g/mol. The molecule has 0 saturated heterocycles. The normalized spacial score (nSPS) is 10.2. The number of pyridine rings is 1. The Labute approximate surface area is 109 Å². The van der Waals surface area contributed by atoms with E-state index >= 15 is 0 Å². The van der Waals surface area contributed by atoms with Crippen LogP contribution in [-0.4, -0.2) is 5.78 Å². The summed E-state index contributed by atoms with van der Waals surface area (Å²) >= 11 is 3.44. The van der Waals surface area contributed by atoms with E-state index in [1.54, 1.807) is 0 Å². The smallest absolute Gasteiger partial charge is 0.227 e. The van der Waals surface area contributed by atoms with Gasteiger partial charge in [0.1, 0.15) is 0 Å². The molecule has 1 aromatic carbocycles. The molecule has 86 valence electrons. The van der Waals surface area contributed by atoms with Crippen LogP contribution in [0.5, 0.6) is 0 Å². The maximum absolute atomic E-state index is 12.1. The highest BCUT2D eigenvalue weighted by Gasteiger charge is 2.14. The van der Waals surface area contributed by atoms with Crippen LogP contribution in [0.3, 0.4) is 0 Å². The maximum atomic E-state index is 12.1. The molecule has 0 amide bonds. The summed E-state index contributed by atoms with van der Waals surface area (Å²) in [6, 6.07) is 11.5. The topological polar surface area (TPSA) is 20.9 Å². The van der Waals surface area contributed by atoms with E-state index in [2.05, 4.69) is 15.9 Å². The summed E-state index contributed by atoms with van der Waals surface area (Å²) in [4.78, 5) is 12.1. The quantitative estimate of drug-likeness (QED) is 0.629. The van der Waals surface area contributed by atoms with Crippen LogP contribution in [0.2, 0.25) is 0 Å². The van der Waals surface area contributed by atoms with Crippen molar-refractivity contribution < 1.29 is 9.36 Å². The summed E-state index contributed by atoms with van der Waals surface area (Å²) < 4.78 is 2.85. The van der Waals surface area contributed by atoms with Crippen LogP contribution < -0.4 is 4.57 Å². The molecule has 0 radical (unpaired) electrons. The van der Waals surface area contributed by atoms with Gasteiger partial charge >= 0.3 is 0 Å². The molecule has 17 heavy (non-hydrogen) atoms. The zero-order valence-electron chi connectivity index (χ0n) is 9.56. The number of rotatable bonds is 3. The van der Waals surface area contributed by atoms with Gasteiger partial charge in [-0.2, -0.15) is 4.57 Å². The average Bonchev–Trinajstić information content (AvgIpc) is 2.34. The minimum absolute atomic E-state index is 0.125. The molecule has 2 rings (SSSR count). The van der Waals surface area contributed by atoms with Crippen LogP contribution >= 0.6 is 15.9 Å². The molecule has 0 unspecified atom stereocenters. The number of halogens is 1. The fourth-order valence-corrected chi connectivity index (χ4v) is 2.07. The fourth-order valence-electron chi connectivity index (χ4n) is 1.70. The minimum Gasteiger partial charge on any atom is -0.287 e. The van der Waals surface area contributed by atoms with Gasteiger partial charge in [-0.3, -0.25) is 4.79 Å². The van der Waals surface area contributed by atoms with E-state index in [9.17, 15) is 4.79 Å². The third kappa shape index (κ3) is 2.80. The van der Waals surface area contributed by atoms with E-state index < -0.39 is 0 Å². The molecule has 0 aliphatic rings. The first kappa shape index (κ1) is 12.0. The number of carbonyl (C=O) groups is 1. The van der Waals surface area contributed by atoms with Crippen molar-refractivity contribution in [2.45, 2.75) is 13.5 Å². The molecule has 0 aliphatic heterocycles. The summed E-state index contributed by atoms with van der Waals surface area (Å²) in [5, 5.41) is 0. The van der Waals surface area contributed by atoms with Crippen molar-refractivity contribution in [1.29, 1.82) is 0 Å². The second-order valence-electron chi connectivity index (χ2n) is 3.88. The largest absolute Gasteiger partial charge is 0.287 e. The molecule has 2 aromatic rings. The van der Waals surface area contributed by atoms with Gasteiger partial charge in [-0.25, -0.2) is 0 Å². The lowest BCUT2D eigenvalue weighted by atomic mass is 10.0. The van der Waals surface area contributed by atoms with Crippen molar-refractivity contribution >= 4 is 21.7 Å². The highest BCUT2D eigenvalue weighted by molar-refractivity contribution is 9.10. The van der Waals surface area contributed by atoms with Crippen molar-refractivity contribution in [3.8, 4) is 0 Å². The standard InChI is InChI=1S/C14H13BrNO/c1-11-12(6-5-7-13(11)15)14(17)10-16-8-3-2-4-9-16/h2-9H,10H2,1H3/q+1. The van der Waals surface area contributed by atoms with E-state index in [1.165, 1.54) is 0 Å². The highest BCUT2D eigenvalue weighted by Crippen LogP contribution is 2.19. The van der Waals surface area contributed by atoms with Crippen molar-refractivity contribution in [3.63, 3.8) is 0 Å². The monoisotopic (exact) mass is 290 g/mol. The first-order valence-corrected chi connectivity index (χ1v) is 6.20. The molecular formula is C14H13BrNO+. The van der Waals surface area contributed by atoms with Crippen molar-refractivity contribution in [3.05, 3.63) is 64.4 Å². The van der Waals surface area contributed by atoms with Gasteiger partial charge in [-0.05, 0) is 18.6 Å². The molecule has 1 heterocycles. The number of carbonyl (C=O) groups excluding carboxylic acids is 1. The molecule has 0 bridgehead atoms. The summed E-state index contributed by atoms with van der Waals surface area (Å²) in [6.45, 7) is 2.32. The van der Waals surface area contributed by atoms with E-state index in [4.69, 9.17) is 0 Å². The molecule has 0 aliphatic carbocycles. The Morgan fingerprint density at radius 2 is 1.88 bits per heavy atom. The van der Waals surface area contributed by atoms with Gasteiger partial charge in [-0.15, -0.1) is 0 Å². The van der Waals surface area contributed by atoms with Crippen molar-refractivity contribution in [2.75, 3.05) is 0 Å². The van der Waals surface area contributed by atoms with Gasteiger partial charge in [0.05, 0.1) is 0 Å². The Balaban J connectivity index is 2.24. The van der Waals surface area contributed by atoms with Crippen LogP contribution in [0, 0.1) is 6.92 Å². The Morgan fingerprint density at radius 1 is 1.18 bits per heavy atom. The molecule has 0 spiro atoms. The first-order chi connectivity index (χ1) is 8.18. The third-order valence-corrected chi connectivity index (χ3v) is 3.53. The van der Waals surface area contributed by atoms with Gasteiger partial charge in [0.25, 0.3) is 0 Å². The number of ketones is 1. The first-order valence-electron chi connectivity index (χ1n) is 5.41. The van der Waals surface area contributed by atoms with Crippen LogP contribution in [-0.2, 0) is 6.54 Å². The van der Waals surface area contributed by atoms with Crippen molar-refractivity contribution in [1.82, 2.24) is 0 Å². The molecule has 0 atom stereocenters. The average molecular weight is 291 g/mol. The summed E-state index contributed by atoms with van der Waals surface area (Å²) in [5.41, 5.74) is 1.77. The van der Waals surface area contributed by atoms with E-state index in [0.29, 0.717) is 6.54 Å². The van der Waals surface area contributed by atoms with Crippen LogP contribution in [0.4, 0.5) is 0 Å². The van der Waals surface area contributed by atoms with Crippen LogP contribution in [0.25, 0.3) is 0 Å². The second-order valence-corrected chi connectivity index (χ2v) is 4.74. The van der Waals surface area contributed by atoms with Crippen LogP contribution in [0.15, 0.2) is 53.3 Å². The number of hydrogen-bond donors (Lipinski definition) is 0. The van der Waals surface area contributed by atoms with Gasteiger partial charge < -0.3 is 0 Å². The Hall–Kier alpha value is -1.48. The number of benzene rings is 1. The maximum Gasteiger partial charge on any atom is 0.227 e. The lowest BCUT2D eigenvalue weighted by molar-refractivity contribution is -0.683. The second kappa shape index (κ2) is 5.23. The SMILES string of the molecule is Cc1c(Br)cccc1C(=O)C[n+]1ccccc1. The highest BCUT2D eigenvalue weighted by atomic mass is 79.9. The molecule has 0 fully saturated rings. The zero-order valence-corrected chi connectivity index (χ0v) is 11.1. The molecule has 2 nitrogen and oxygen atoms in total. The van der Waals surface area contributed by atoms with Crippen molar-refractivity contribution in [2.24, 2.45) is 0 Å². The summed E-state index contributed by atoms with van der Waals surface area (Å²) in [7, 11) is 0. The van der Waals surface area contributed by atoms with E-state index in [0.717, 1.165) is 15.6 Å². The number of Topliss-reactive ketones (excluding diaryl/α,β-unsaturated/α-hetero) is 1. The lowest BCUT2D eigenvalue weighted by Gasteiger charge is -2.04. The summed E-state index contributed by atoms with van der Waals surface area (Å²) in [6.07, 6.45) is 3.79. The lowest BCUT2D eigenvalue weighted by Crippen LogP contribution is -2.37. The van der Waals surface area contributed by atoms with Gasteiger partial charge in [0.2, 0.25) is 12.3 Å². The fraction of sp³-hybridized carbons (Fsp3) is 0.143. The van der Waals surface area contributed by atoms with Crippen LogP contribution in [0.1, 0.15) is 15.9 Å². The zero-order chi connectivity index (χ0) is 12.3. The van der Waals surface area contributed by atoms with Gasteiger partial charge in [0, 0.05) is 22.2 Å². The number of nitrogens with zero attached hydrogens (tertiary/aromatic N) is 1. The molecule has 0 N–H and O–H groups in total. The Kier molecular flexibility index (Phi) is 3.69. The predicted molar refractivity (Wildman–Crippen MR) is 69.8 cm³/mol. The predicted octanol–water partition coefficient (Wildman–Crippen LogP) is 2.93. The molecule has 1 aromatic heterocycles. The Morgan fingerprint density at radius 3 is 2.59 bits per heavy atom. The third-order valence-electron chi connectivity index (χ3n) is 2.67. The number of hydrogen-bond acceptors (Lipinski definition) is 1. The summed E-state index contributed by atoms with van der Waals surface area (Å²) in [5.74, 6) is 0.125. The molecule has 0 saturated carbocycles. The van der Waals surface area contributed by atoms with E-state index in [-0.39, 0.29) is 5.78 Å². The minimum atomic E-state index is 0.125. The van der Waals surface area contributed by atoms with Gasteiger partial charge in [-0.1, -0.05) is 34.1 Å². The van der Waals surface area contributed by atoms with E-state index in [1.807, 2.05) is 60.3 Å². The Bertz CT molecular complexity index is 537. The number of aromatic nitrogens is 1. The molecule has 3 heteroatoms. The van der Waals surface area contributed by atoms with Gasteiger partial charge in [0.15, 0.2) is 12.4 Å².